The minimum absolute atomic E-state index is 0.0837. The van der Waals surface area contributed by atoms with Gasteiger partial charge in [0, 0.05) is 25.8 Å². The first-order valence-electron chi connectivity index (χ1n) is 6.47. The van der Waals surface area contributed by atoms with Gasteiger partial charge in [0.05, 0.1) is 0 Å². The van der Waals surface area contributed by atoms with Crippen molar-refractivity contribution >= 4 is 5.69 Å². The van der Waals surface area contributed by atoms with Crippen LogP contribution < -0.4 is 5.32 Å². The monoisotopic (exact) mass is 261 g/mol. The Kier molecular flexibility index (Phi) is 4.92. The summed E-state index contributed by atoms with van der Waals surface area (Å²) in [6.07, 6.45) is 1.44. The Hall–Kier alpha value is -1.88. The molecule has 0 fully saturated rings. The molecule has 2 rings (SSSR count). The summed E-state index contributed by atoms with van der Waals surface area (Å²) in [5.41, 5.74) is 1.09. The van der Waals surface area contributed by atoms with Crippen molar-refractivity contribution in [2.24, 2.45) is 0 Å². The Balaban J connectivity index is 1.83. The number of benzene rings is 1. The normalized spacial score (nSPS) is 12.3. The molecule has 0 radical (unpaired) electrons. The van der Waals surface area contributed by atoms with Crippen molar-refractivity contribution in [1.82, 2.24) is 10.1 Å². The Morgan fingerprint density at radius 2 is 2.11 bits per heavy atom. The Morgan fingerprint density at radius 1 is 1.32 bits per heavy atom. The molecule has 2 aromatic rings. The molecule has 19 heavy (non-hydrogen) atoms. The zero-order chi connectivity index (χ0) is 13.5. The van der Waals surface area contributed by atoms with Gasteiger partial charge in [-0.2, -0.15) is 4.98 Å². The average molecular weight is 261 g/mol. The molecule has 0 bridgehead atoms. The lowest BCUT2D eigenvalue weighted by molar-refractivity contribution is 0.0903. The quantitative estimate of drug-likeness (QED) is 0.830. The number of aromatic nitrogens is 2. The molecule has 1 aromatic carbocycles. The highest BCUT2D eigenvalue weighted by molar-refractivity contribution is 5.42. The molecule has 1 N–H and O–H groups in total. The number of rotatable bonds is 7. The van der Waals surface area contributed by atoms with E-state index in [1.807, 2.05) is 37.3 Å². The number of para-hydroxylation sites is 1. The van der Waals surface area contributed by atoms with E-state index in [4.69, 9.17) is 9.26 Å². The van der Waals surface area contributed by atoms with Crippen LogP contribution in [0.5, 0.6) is 0 Å². The Morgan fingerprint density at radius 3 is 2.79 bits per heavy atom. The van der Waals surface area contributed by atoms with E-state index in [0.29, 0.717) is 18.1 Å². The van der Waals surface area contributed by atoms with E-state index in [1.165, 1.54) is 0 Å². The standard InChI is InChI=1S/C14H19N3O2/c1-3-12(18-2)14-16-13(19-17-14)9-10-15-11-7-5-4-6-8-11/h4-8,12,15H,3,9-10H2,1-2H3. The number of hydrogen-bond donors (Lipinski definition) is 1. The maximum Gasteiger partial charge on any atom is 0.228 e. The van der Waals surface area contributed by atoms with Crippen molar-refractivity contribution < 1.29 is 9.26 Å². The molecule has 1 aromatic heterocycles. The predicted molar refractivity (Wildman–Crippen MR) is 73.0 cm³/mol. The zero-order valence-corrected chi connectivity index (χ0v) is 11.3. The summed E-state index contributed by atoms with van der Waals surface area (Å²) < 4.78 is 10.5. The maximum absolute atomic E-state index is 5.27. The number of nitrogens with one attached hydrogen (secondary N) is 1. The Bertz CT molecular complexity index is 480. The lowest BCUT2D eigenvalue weighted by Gasteiger charge is -2.06. The van der Waals surface area contributed by atoms with Gasteiger partial charge in [0.15, 0.2) is 0 Å². The first-order chi connectivity index (χ1) is 9.33. The highest BCUT2D eigenvalue weighted by Crippen LogP contribution is 2.16. The maximum atomic E-state index is 5.27. The van der Waals surface area contributed by atoms with Crippen LogP contribution in [0.2, 0.25) is 0 Å². The van der Waals surface area contributed by atoms with Gasteiger partial charge in [-0.15, -0.1) is 0 Å². The van der Waals surface area contributed by atoms with Crippen molar-refractivity contribution in [1.29, 1.82) is 0 Å². The summed E-state index contributed by atoms with van der Waals surface area (Å²) >= 11 is 0. The molecular formula is C14H19N3O2. The summed E-state index contributed by atoms with van der Waals surface area (Å²) in [6.45, 7) is 2.79. The van der Waals surface area contributed by atoms with Gasteiger partial charge >= 0.3 is 0 Å². The molecule has 0 aliphatic heterocycles. The van der Waals surface area contributed by atoms with Crippen LogP contribution in [-0.2, 0) is 11.2 Å². The fourth-order valence-corrected chi connectivity index (χ4v) is 1.82. The van der Waals surface area contributed by atoms with Crippen LogP contribution in [0.25, 0.3) is 0 Å². The van der Waals surface area contributed by atoms with Crippen molar-refractivity contribution in [3.8, 4) is 0 Å². The van der Waals surface area contributed by atoms with Gasteiger partial charge in [0.2, 0.25) is 11.7 Å². The largest absolute Gasteiger partial charge is 0.385 e. The number of nitrogens with zero attached hydrogens (tertiary/aromatic N) is 2. The van der Waals surface area contributed by atoms with Crippen LogP contribution in [0.3, 0.4) is 0 Å². The second-order valence-electron chi connectivity index (χ2n) is 4.22. The number of anilines is 1. The van der Waals surface area contributed by atoms with E-state index >= 15 is 0 Å². The summed E-state index contributed by atoms with van der Waals surface area (Å²) in [6, 6.07) is 10.0. The lowest BCUT2D eigenvalue weighted by atomic mass is 10.2. The minimum Gasteiger partial charge on any atom is -0.385 e. The average Bonchev–Trinajstić information content (AvgIpc) is 2.90. The number of ether oxygens (including phenoxy) is 1. The molecule has 0 aliphatic carbocycles. The number of hydrogen-bond acceptors (Lipinski definition) is 5. The van der Waals surface area contributed by atoms with Crippen molar-refractivity contribution in [2.75, 3.05) is 19.0 Å². The summed E-state index contributed by atoms with van der Waals surface area (Å²) in [7, 11) is 1.65. The second-order valence-corrected chi connectivity index (χ2v) is 4.22. The zero-order valence-electron chi connectivity index (χ0n) is 11.3. The first-order valence-corrected chi connectivity index (χ1v) is 6.47. The van der Waals surface area contributed by atoms with E-state index in [9.17, 15) is 0 Å². The summed E-state index contributed by atoms with van der Waals surface area (Å²) in [5, 5.41) is 7.25. The lowest BCUT2D eigenvalue weighted by Crippen LogP contribution is -2.06. The molecule has 1 unspecified atom stereocenters. The third kappa shape index (κ3) is 3.79. The van der Waals surface area contributed by atoms with Crippen LogP contribution in [0, 0.1) is 0 Å². The highest BCUT2D eigenvalue weighted by Gasteiger charge is 2.15. The molecule has 0 amide bonds. The van der Waals surface area contributed by atoms with E-state index in [0.717, 1.165) is 18.7 Å². The predicted octanol–water partition coefficient (Wildman–Crippen LogP) is 2.82. The third-order valence-electron chi connectivity index (χ3n) is 2.87. The fourth-order valence-electron chi connectivity index (χ4n) is 1.82. The third-order valence-corrected chi connectivity index (χ3v) is 2.87. The first kappa shape index (κ1) is 13.5. The molecule has 5 nitrogen and oxygen atoms in total. The van der Waals surface area contributed by atoms with E-state index < -0.39 is 0 Å². The van der Waals surface area contributed by atoms with Gasteiger partial charge in [-0.1, -0.05) is 30.3 Å². The molecule has 0 saturated carbocycles. The Labute approximate surface area is 113 Å². The van der Waals surface area contributed by atoms with Crippen LogP contribution >= 0.6 is 0 Å². The fraction of sp³-hybridized carbons (Fsp3) is 0.429. The van der Waals surface area contributed by atoms with E-state index in [2.05, 4.69) is 15.5 Å². The van der Waals surface area contributed by atoms with Crippen LogP contribution in [0.1, 0.15) is 31.2 Å². The number of methoxy groups -OCH3 is 1. The molecule has 1 heterocycles. The van der Waals surface area contributed by atoms with Gasteiger partial charge in [-0.3, -0.25) is 0 Å². The van der Waals surface area contributed by atoms with Gasteiger partial charge in [-0.25, -0.2) is 0 Å². The molecule has 0 aliphatic rings. The molecule has 1 atom stereocenters. The summed E-state index contributed by atoms with van der Waals surface area (Å²) in [4.78, 5) is 4.34. The van der Waals surface area contributed by atoms with Crippen LogP contribution in [-0.4, -0.2) is 23.8 Å². The molecule has 102 valence electrons. The van der Waals surface area contributed by atoms with E-state index in [1.54, 1.807) is 7.11 Å². The second kappa shape index (κ2) is 6.89. The minimum atomic E-state index is -0.0837. The van der Waals surface area contributed by atoms with Gasteiger partial charge in [-0.05, 0) is 18.6 Å². The van der Waals surface area contributed by atoms with Crippen molar-refractivity contribution in [3.05, 3.63) is 42.0 Å². The van der Waals surface area contributed by atoms with Gasteiger partial charge < -0.3 is 14.6 Å². The smallest absolute Gasteiger partial charge is 0.228 e. The summed E-state index contributed by atoms with van der Waals surface area (Å²) in [5.74, 6) is 1.26. The topological polar surface area (TPSA) is 60.2 Å². The SMILES string of the molecule is CCC(OC)c1noc(CCNc2ccccc2)n1. The molecule has 0 spiro atoms. The van der Waals surface area contributed by atoms with Gasteiger partial charge in [0.1, 0.15) is 6.10 Å². The molecule has 0 saturated heterocycles. The van der Waals surface area contributed by atoms with Gasteiger partial charge in [0.25, 0.3) is 0 Å². The van der Waals surface area contributed by atoms with E-state index in [-0.39, 0.29) is 6.10 Å². The van der Waals surface area contributed by atoms with Crippen molar-refractivity contribution in [3.63, 3.8) is 0 Å². The van der Waals surface area contributed by atoms with Crippen molar-refractivity contribution in [2.45, 2.75) is 25.9 Å². The molecule has 5 heteroatoms. The highest BCUT2D eigenvalue weighted by atomic mass is 16.5. The van der Waals surface area contributed by atoms with Crippen LogP contribution in [0.15, 0.2) is 34.9 Å². The van der Waals surface area contributed by atoms with Crippen LogP contribution in [0.4, 0.5) is 5.69 Å². The molecular weight excluding hydrogens is 242 g/mol.